The monoisotopic (exact) mass is 450 g/mol. The molecule has 5 nitrogen and oxygen atoms in total. The highest BCUT2D eigenvalue weighted by atomic mass is 32.1. The van der Waals surface area contributed by atoms with Crippen LogP contribution < -0.4 is 4.74 Å². The summed E-state index contributed by atoms with van der Waals surface area (Å²) in [5, 5.41) is 0. The number of alkyl halides is 3. The number of thiazole rings is 1. The van der Waals surface area contributed by atoms with Gasteiger partial charge in [-0.1, -0.05) is 12.1 Å². The van der Waals surface area contributed by atoms with E-state index >= 15 is 0 Å². The summed E-state index contributed by atoms with van der Waals surface area (Å²) >= 11 is 1.50. The fourth-order valence-electron chi connectivity index (χ4n) is 3.26. The number of benzene rings is 2. The summed E-state index contributed by atoms with van der Waals surface area (Å²) < 4.78 is 45.4. The molecule has 2 aromatic carbocycles. The summed E-state index contributed by atoms with van der Waals surface area (Å²) in [6.07, 6.45) is 0.387. The Hall–Kier alpha value is -3.85. The summed E-state index contributed by atoms with van der Waals surface area (Å²) in [6.45, 7) is 0. The molecule has 3 heterocycles. The fraction of sp³-hybridized carbons (Fsp3) is 0.0435. The number of nitrogens with zero attached hydrogens (tertiary/aromatic N) is 4. The molecule has 0 aliphatic heterocycles. The lowest BCUT2D eigenvalue weighted by atomic mass is 10.1. The van der Waals surface area contributed by atoms with Gasteiger partial charge in [-0.05, 0) is 42.0 Å². The van der Waals surface area contributed by atoms with Crippen LogP contribution in [0.15, 0.2) is 78.8 Å². The van der Waals surface area contributed by atoms with Crippen LogP contribution in [-0.2, 0) is 6.18 Å². The molecule has 0 saturated heterocycles. The summed E-state index contributed by atoms with van der Waals surface area (Å²) in [7, 11) is 0. The first-order valence-electron chi connectivity index (χ1n) is 9.43. The average Bonchev–Trinajstić information content (AvgIpc) is 3.30. The van der Waals surface area contributed by atoms with Crippen molar-refractivity contribution in [1.82, 2.24) is 19.9 Å². The SMILES string of the molecule is FC(F)(F)c1ccc(-c2cc(Oc3ccc(-c4ccncc4)c4scnc34)ncn2)cc1. The zero-order valence-electron chi connectivity index (χ0n) is 16.2. The maximum atomic E-state index is 12.8. The van der Waals surface area contributed by atoms with Gasteiger partial charge in [0.05, 0.1) is 21.5 Å². The van der Waals surface area contributed by atoms with E-state index in [-0.39, 0.29) is 5.88 Å². The topological polar surface area (TPSA) is 60.8 Å². The van der Waals surface area contributed by atoms with E-state index in [1.54, 1.807) is 24.0 Å². The number of fused-ring (bicyclic) bond motifs is 1. The van der Waals surface area contributed by atoms with Gasteiger partial charge in [0.1, 0.15) is 11.8 Å². The van der Waals surface area contributed by atoms with E-state index in [4.69, 9.17) is 4.74 Å². The van der Waals surface area contributed by atoms with Crippen LogP contribution in [0.4, 0.5) is 13.2 Å². The molecule has 9 heteroatoms. The van der Waals surface area contributed by atoms with Gasteiger partial charge in [0.2, 0.25) is 5.88 Å². The fourth-order valence-corrected chi connectivity index (χ4v) is 4.10. The van der Waals surface area contributed by atoms with Crippen LogP contribution in [0.5, 0.6) is 11.6 Å². The molecule has 32 heavy (non-hydrogen) atoms. The minimum Gasteiger partial charge on any atom is -0.437 e. The van der Waals surface area contributed by atoms with E-state index in [0.717, 1.165) is 28.0 Å². The summed E-state index contributed by atoms with van der Waals surface area (Å²) in [6, 6.07) is 14.0. The van der Waals surface area contributed by atoms with Crippen LogP contribution in [0.1, 0.15) is 5.56 Å². The van der Waals surface area contributed by atoms with Crippen molar-refractivity contribution in [2.45, 2.75) is 6.18 Å². The molecule has 0 bridgehead atoms. The third kappa shape index (κ3) is 3.90. The van der Waals surface area contributed by atoms with Gasteiger partial charge < -0.3 is 4.74 Å². The van der Waals surface area contributed by atoms with Gasteiger partial charge in [-0.3, -0.25) is 4.98 Å². The van der Waals surface area contributed by atoms with Crippen molar-refractivity contribution in [3.63, 3.8) is 0 Å². The van der Waals surface area contributed by atoms with Crippen molar-refractivity contribution in [1.29, 1.82) is 0 Å². The van der Waals surface area contributed by atoms with Gasteiger partial charge in [0.25, 0.3) is 0 Å². The molecular weight excluding hydrogens is 437 g/mol. The number of halogens is 3. The molecule has 0 fully saturated rings. The molecule has 0 aliphatic carbocycles. The summed E-state index contributed by atoms with van der Waals surface area (Å²) in [5.74, 6) is 0.789. The Bertz CT molecular complexity index is 1390. The molecular formula is C23H13F3N4OS. The highest BCUT2D eigenvalue weighted by Crippen LogP contribution is 2.38. The van der Waals surface area contributed by atoms with Crippen LogP contribution in [0, 0.1) is 0 Å². The number of aromatic nitrogens is 4. The van der Waals surface area contributed by atoms with Gasteiger partial charge in [-0.25, -0.2) is 15.0 Å². The number of ether oxygens (including phenoxy) is 1. The molecule has 5 aromatic rings. The Labute approximate surface area is 184 Å². The third-order valence-corrected chi connectivity index (χ3v) is 5.66. The second kappa shape index (κ2) is 8.01. The molecule has 0 aliphatic rings. The minimum absolute atomic E-state index is 0.265. The number of hydrogen-bond acceptors (Lipinski definition) is 6. The van der Waals surface area contributed by atoms with Crippen molar-refractivity contribution in [3.05, 3.63) is 84.4 Å². The van der Waals surface area contributed by atoms with E-state index in [2.05, 4.69) is 19.9 Å². The van der Waals surface area contributed by atoms with Crippen molar-refractivity contribution in [3.8, 4) is 34.0 Å². The second-order valence-corrected chi connectivity index (χ2v) is 7.65. The maximum Gasteiger partial charge on any atom is 0.416 e. The molecule has 5 rings (SSSR count). The quantitative estimate of drug-likeness (QED) is 0.308. The number of pyridine rings is 1. The normalized spacial score (nSPS) is 11.6. The first kappa shape index (κ1) is 20.1. The Kier molecular flexibility index (Phi) is 5.02. The lowest BCUT2D eigenvalue weighted by Gasteiger charge is -2.10. The molecule has 0 atom stereocenters. The van der Waals surface area contributed by atoms with Gasteiger partial charge in [0, 0.05) is 29.6 Å². The predicted octanol–water partition coefficient (Wildman–Crippen LogP) is 6.63. The van der Waals surface area contributed by atoms with Crippen molar-refractivity contribution in [2.75, 3.05) is 0 Å². The molecule has 0 radical (unpaired) electrons. The van der Waals surface area contributed by atoms with Crippen LogP contribution in [-0.4, -0.2) is 19.9 Å². The third-order valence-electron chi connectivity index (χ3n) is 4.80. The highest BCUT2D eigenvalue weighted by molar-refractivity contribution is 7.17. The Balaban J connectivity index is 1.46. The number of hydrogen-bond donors (Lipinski definition) is 0. The average molecular weight is 450 g/mol. The molecule has 0 amide bonds. The Morgan fingerprint density at radius 1 is 0.812 bits per heavy atom. The van der Waals surface area contributed by atoms with Crippen molar-refractivity contribution < 1.29 is 17.9 Å². The Morgan fingerprint density at radius 3 is 2.34 bits per heavy atom. The maximum absolute atomic E-state index is 12.8. The smallest absolute Gasteiger partial charge is 0.416 e. The zero-order valence-corrected chi connectivity index (χ0v) is 17.1. The summed E-state index contributed by atoms with van der Waals surface area (Å²) in [5.41, 5.74) is 4.74. The van der Waals surface area contributed by atoms with E-state index in [1.807, 2.05) is 24.3 Å². The molecule has 0 unspecified atom stereocenters. The first-order chi connectivity index (χ1) is 15.5. The zero-order chi connectivity index (χ0) is 22.1. The lowest BCUT2D eigenvalue weighted by molar-refractivity contribution is -0.137. The van der Waals surface area contributed by atoms with Gasteiger partial charge in [-0.2, -0.15) is 13.2 Å². The molecule has 0 N–H and O–H groups in total. The van der Waals surface area contributed by atoms with Crippen LogP contribution in [0.25, 0.3) is 32.6 Å². The van der Waals surface area contributed by atoms with Crippen LogP contribution in [0.2, 0.25) is 0 Å². The van der Waals surface area contributed by atoms with Crippen molar-refractivity contribution in [2.24, 2.45) is 0 Å². The van der Waals surface area contributed by atoms with Crippen LogP contribution >= 0.6 is 11.3 Å². The molecule has 158 valence electrons. The van der Waals surface area contributed by atoms with Gasteiger partial charge in [0.15, 0.2) is 5.75 Å². The largest absolute Gasteiger partial charge is 0.437 e. The van der Waals surface area contributed by atoms with Gasteiger partial charge in [-0.15, -0.1) is 11.3 Å². The number of rotatable bonds is 4. The molecule has 3 aromatic heterocycles. The van der Waals surface area contributed by atoms with E-state index in [1.165, 1.54) is 29.8 Å². The predicted molar refractivity (Wildman–Crippen MR) is 115 cm³/mol. The van der Waals surface area contributed by atoms with E-state index < -0.39 is 11.7 Å². The molecule has 0 saturated carbocycles. The van der Waals surface area contributed by atoms with E-state index in [9.17, 15) is 13.2 Å². The first-order valence-corrected chi connectivity index (χ1v) is 10.3. The van der Waals surface area contributed by atoms with E-state index in [0.29, 0.717) is 22.5 Å². The van der Waals surface area contributed by atoms with Crippen molar-refractivity contribution >= 4 is 21.6 Å². The Morgan fingerprint density at radius 2 is 1.59 bits per heavy atom. The van der Waals surface area contributed by atoms with Crippen LogP contribution in [0.3, 0.4) is 0 Å². The minimum atomic E-state index is -4.39. The molecule has 0 spiro atoms. The van der Waals surface area contributed by atoms with Gasteiger partial charge >= 0.3 is 6.18 Å². The summed E-state index contributed by atoms with van der Waals surface area (Å²) in [4.78, 5) is 16.8. The second-order valence-electron chi connectivity index (χ2n) is 6.80. The standard InChI is InChI=1S/C23H13F3N4OS/c24-23(25,26)16-3-1-15(2-4-16)18-11-20(29-12-28-18)31-19-6-5-17(14-7-9-27-10-8-14)22-21(19)30-13-32-22/h1-13H. The highest BCUT2D eigenvalue weighted by Gasteiger charge is 2.30. The lowest BCUT2D eigenvalue weighted by Crippen LogP contribution is -2.04.